The van der Waals surface area contributed by atoms with E-state index in [4.69, 9.17) is 18.2 Å². The largest absolute Gasteiger partial charge is 0.393 e. The van der Waals surface area contributed by atoms with Crippen molar-refractivity contribution in [1.82, 2.24) is 19.6 Å². The maximum atomic E-state index is 9.99. The monoisotopic (exact) mass is 410 g/mol. The third kappa shape index (κ3) is 3.65. The summed E-state index contributed by atoms with van der Waals surface area (Å²) in [7, 11) is 0. The van der Waals surface area contributed by atoms with Crippen LogP contribution < -0.4 is 10.6 Å². The molecule has 146 valence electrons. The number of aliphatic hydroxyl groups excluding tert-OH is 2. The first kappa shape index (κ1) is 18.9. The Hall–Kier alpha value is -3.44. The summed E-state index contributed by atoms with van der Waals surface area (Å²) in [5.41, 5.74) is 1.16. The number of fused-ring (bicyclic) bond motifs is 1. The van der Waals surface area contributed by atoms with Gasteiger partial charge in [0.15, 0.2) is 5.82 Å². The predicted molar refractivity (Wildman–Crippen MR) is 105 cm³/mol. The first-order valence-corrected chi connectivity index (χ1v) is 9.11. The SMILES string of the molecule is [C-]#[N+]c1cnc2c(NC3CC3)nc(Nc3cc(C#N)cc(C(O)CO)c3Cl)nn12. The van der Waals surface area contributed by atoms with Gasteiger partial charge in [-0.05, 0) is 25.0 Å². The van der Waals surface area contributed by atoms with Gasteiger partial charge < -0.3 is 25.7 Å². The Labute approximate surface area is 170 Å². The molecule has 4 rings (SSSR count). The van der Waals surface area contributed by atoms with Crippen molar-refractivity contribution in [1.29, 1.82) is 5.26 Å². The third-order valence-corrected chi connectivity index (χ3v) is 4.81. The second-order valence-electron chi connectivity index (χ2n) is 6.53. The summed E-state index contributed by atoms with van der Waals surface area (Å²) >= 11 is 6.37. The molecule has 0 spiro atoms. The fraction of sp³-hybridized carbons (Fsp3) is 0.278. The molecule has 1 saturated carbocycles. The van der Waals surface area contributed by atoms with E-state index in [1.54, 1.807) is 0 Å². The molecule has 3 aromatic rings. The number of hydrogen-bond acceptors (Lipinski definition) is 8. The van der Waals surface area contributed by atoms with E-state index in [0.29, 0.717) is 17.5 Å². The molecular formula is C18H15ClN8O2. The van der Waals surface area contributed by atoms with Crippen molar-refractivity contribution < 1.29 is 10.2 Å². The minimum absolute atomic E-state index is 0.127. The molecular weight excluding hydrogens is 396 g/mol. The summed E-state index contributed by atoms with van der Waals surface area (Å²) in [6.07, 6.45) is 2.22. The van der Waals surface area contributed by atoms with Crippen LogP contribution in [0.1, 0.15) is 30.1 Å². The van der Waals surface area contributed by atoms with Gasteiger partial charge in [0.25, 0.3) is 17.4 Å². The maximum absolute atomic E-state index is 9.99. The number of anilines is 3. The molecule has 1 unspecified atom stereocenters. The van der Waals surface area contributed by atoms with Crippen LogP contribution in [0.3, 0.4) is 0 Å². The molecule has 2 aromatic heterocycles. The Morgan fingerprint density at radius 1 is 1.45 bits per heavy atom. The highest BCUT2D eigenvalue weighted by Crippen LogP contribution is 2.34. The van der Waals surface area contributed by atoms with Gasteiger partial charge in [-0.3, -0.25) is 0 Å². The second kappa shape index (κ2) is 7.53. The number of hydrogen-bond donors (Lipinski definition) is 4. The van der Waals surface area contributed by atoms with Crippen LogP contribution in [0.4, 0.5) is 23.3 Å². The lowest BCUT2D eigenvalue weighted by Gasteiger charge is -2.15. The van der Waals surface area contributed by atoms with Gasteiger partial charge in [-0.2, -0.15) is 10.2 Å². The van der Waals surface area contributed by atoms with Gasteiger partial charge in [-0.15, -0.1) is 4.52 Å². The Kier molecular flexibility index (Phi) is 4.91. The third-order valence-electron chi connectivity index (χ3n) is 4.39. The van der Waals surface area contributed by atoms with Crippen LogP contribution in [-0.4, -0.2) is 42.4 Å². The Morgan fingerprint density at radius 2 is 2.24 bits per heavy atom. The van der Waals surface area contributed by atoms with Crippen LogP contribution >= 0.6 is 11.6 Å². The van der Waals surface area contributed by atoms with Crippen molar-refractivity contribution >= 4 is 40.5 Å². The number of nitrogens with one attached hydrogen (secondary N) is 2. The van der Waals surface area contributed by atoms with E-state index in [-0.39, 0.29) is 33.6 Å². The molecule has 2 heterocycles. The molecule has 0 bridgehead atoms. The molecule has 0 amide bonds. The van der Waals surface area contributed by atoms with Gasteiger partial charge in [0.2, 0.25) is 0 Å². The molecule has 0 aliphatic heterocycles. The zero-order valence-electron chi connectivity index (χ0n) is 15.0. The smallest absolute Gasteiger partial charge is 0.275 e. The number of halogens is 1. The quantitative estimate of drug-likeness (QED) is 0.455. The average Bonchev–Trinajstić information content (AvgIpc) is 3.45. The maximum Gasteiger partial charge on any atom is 0.275 e. The molecule has 1 aliphatic carbocycles. The van der Waals surface area contributed by atoms with Gasteiger partial charge >= 0.3 is 0 Å². The molecule has 29 heavy (non-hydrogen) atoms. The minimum atomic E-state index is -1.24. The van der Waals surface area contributed by atoms with E-state index in [1.165, 1.54) is 22.8 Å². The van der Waals surface area contributed by atoms with Crippen LogP contribution in [0.5, 0.6) is 0 Å². The minimum Gasteiger partial charge on any atom is -0.393 e. The van der Waals surface area contributed by atoms with Crippen molar-refractivity contribution in [2.45, 2.75) is 25.0 Å². The normalized spacial score (nSPS) is 14.2. The highest BCUT2D eigenvalue weighted by atomic mass is 35.5. The summed E-state index contributed by atoms with van der Waals surface area (Å²) in [6.45, 7) is 6.75. The number of rotatable bonds is 6. The summed E-state index contributed by atoms with van der Waals surface area (Å²) in [5, 5.41) is 39.2. The average molecular weight is 411 g/mol. The van der Waals surface area contributed by atoms with Gasteiger partial charge in [-0.25, -0.2) is 4.98 Å². The summed E-state index contributed by atoms with van der Waals surface area (Å²) in [6, 6.07) is 5.18. The molecule has 1 aromatic carbocycles. The molecule has 0 radical (unpaired) electrons. The number of aromatic nitrogens is 4. The lowest BCUT2D eigenvalue weighted by Crippen LogP contribution is -2.11. The van der Waals surface area contributed by atoms with Crippen LogP contribution in [0.2, 0.25) is 5.02 Å². The zero-order valence-corrected chi connectivity index (χ0v) is 15.7. The van der Waals surface area contributed by atoms with Crippen molar-refractivity contribution in [3.05, 3.63) is 45.9 Å². The summed E-state index contributed by atoms with van der Waals surface area (Å²) < 4.78 is 1.37. The number of imidazole rings is 1. The first-order chi connectivity index (χ1) is 14.0. The molecule has 4 N–H and O–H groups in total. The molecule has 11 heteroatoms. The Bertz CT molecular complexity index is 1180. The molecule has 1 aliphatic rings. The van der Waals surface area contributed by atoms with Gasteiger partial charge in [0.05, 0.1) is 35.1 Å². The lowest BCUT2D eigenvalue weighted by atomic mass is 10.1. The fourth-order valence-corrected chi connectivity index (χ4v) is 3.06. The number of aliphatic hydroxyl groups is 2. The molecule has 0 saturated heterocycles. The highest BCUT2D eigenvalue weighted by Gasteiger charge is 2.25. The van der Waals surface area contributed by atoms with Crippen LogP contribution in [0.15, 0.2) is 18.3 Å². The zero-order chi connectivity index (χ0) is 20.5. The standard InChI is InChI=1S/C18H15ClN8O2/c1-21-14-7-22-17-16(23-10-2-3-10)25-18(26-27(14)17)24-12-5-9(6-20)4-11(15(12)19)13(29)8-28/h4-5,7,10,13,28-29H,2-3,8H2,(H2,23,24,25,26). The molecule has 10 nitrogen and oxygen atoms in total. The number of nitrogens with zero attached hydrogens (tertiary/aromatic N) is 6. The van der Waals surface area contributed by atoms with E-state index in [2.05, 4.69) is 30.5 Å². The summed E-state index contributed by atoms with van der Waals surface area (Å²) in [4.78, 5) is 12.1. The van der Waals surface area contributed by atoms with Crippen molar-refractivity contribution in [2.24, 2.45) is 0 Å². The van der Waals surface area contributed by atoms with Crippen molar-refractivity contribution in [3.63, 3.8) is 0 Å². The fourth-order valence-electron chi connectivity index (χ4n) is 2.78. The van der Waals surface area contributed by atoms with Crippen LogP contribution in [0, 0.1) is 17.9 Å². The van der Waals surface area contributed by atoms with Gasteiger partial charge in [0.1, 0.15) is 6.10 Å². The molecule has 1 fully saturated rings. The van der Waals surface area contributed by atoms with Gasteiger partial charge in [0, 0.05) is 11.6 Å². The first-order valence-electron chi connectivity index (χ1n) is 8.73. The number of benzene rings is 1. The second-order valence-corrected chi connectivity index (χ2v) is 6.91. The van der Waals surface area contributed by atoms with E-state index in [9.17, 15) is 15.5 Å². The van der Waals surface area contributed by atoms with E-state index in [1.807, 2.05) is 6.07 Å². The lowest BCUT2D eigenvalue weighted by molar-refractivity contribution is 0.0957. The van der Waals surface area contributed by atoms with Crippen LogP contribution in [0.25, 0.3) is 10.5 Å². The Morgan fingerprint density at radius 3 is 2.90 bits per heavy atom. The number of nitriles is 1. The predicted octanol–water partition coefficient (Wildman–Crippen LogP) is 2.54. The highest BCUT2D eigenvalue weighted by molar-refractivity contribution is 6.34. The van der Waals surface area contributed by atoms with E-state index < -0.39 is 12.7 Å². The van der Waals surface area contributed by atoms with Crippen molar-refractivity contribution in [3.8, 4) is 6.07 Å². The van der Waals surface area contributed by atoms with Crippen molar-refractivity contribution in [2.75, 3.05) is 17.2 Å². The summed E-state index contributed by atoms with van der Waals surface area (Å²) in [5.74, 6) is 0.825. The van der Waals surface area contributed by atoms with Gasteiger partial charge in [-0.1, -0.05) is 23.3 Å². The Balaban J connectivity index is 1.80. The topological polar surface area (TPSA) is 136 Å². The van der Waals surface area contributed by atoms with Crippen LogP contribution in [-0.2, 0) is 0 Å². The van der Waals surface area contributed by atoms with E-state index in [0.717, 1.165) is 12.8 Å². The van der Waals surface area contributed by atoms with E-state index >= 15 is 0 Å². The molecule has 1 atom stereocenters.